The molecular weight excluding hydrogens is 675 g/mol. The molecule has 1 amide bonds. The molecule has 1 N–H and O–H groups in total. The number of benzene rings is 3. The molecule has 0 unspecified atom stereocenters. The summed E-state index contributed by atoms with van der Waals surface area (Å²) in [5.41, 5.74) is -2.31. The molecule has 0 aliphatic heterocycles. The SMILES string of the molecule is CCSCC(=O)Cc1c(F)ccc(CC(=O)c2cc(NC(=O)[C@H]3[C@H](c4ccc(F)c(C(F)(F)F)c4)C3(Cl)Cl)ccc2Cl)c1F. The third kappa shape index (κ3) is 7.38. The maximum atomic E-state index is 15.2. The number of thioether (sulfide) groups is 1. The van der Waals surface area contributed by atoms with Crippen LogP contribution in [0.4, 0.5) is 32.0 Å². The van der Waals surface area contributed by atoms with Crippen LogP contribution in [0.2, 0.25) is 5.02 Å². The molecule has 4 nitrogen and oxygen atoms in total. The summed E-state index contributed by atoms with van der Waals surface area (Å²) in [4.78, 5) is 38.3. The van der Waals surface area contributed by atoms with E-state index in [1.54, 1.807) is 0 Å². The first-order valence-electron chi connectivity index (χ1n) is 13.0. The minimum absolute atomic E-state index is 0.0400. The van der Waals surface area contributed by atoms with Crippen LogP contribution < -0.4 is 5.32 Å². The lowest BCUT2D eigenvalue weighted by molar-refractivity contribution is -0.140. The second-order valence-corrected chi connectivity index (χ2v) is 13.1. The molecule has 0 heterocycles. The van der Waals surface area contributed by atoms with Gasteiger partial charge in [-0.25, -0.2) is 13.2 Å². The number of hydrogen-bond donors (Lipinski definition) is 1. The number of anilines is 1. The maximum Gasteiger partial charge on any atom is 0.419 e. The number of carbonyl (C=O) groups is 3. The summed E-state index contributed by atoms with van der Waals surface area (Å²) in [5, 5.41) is 2.45. The van der Waals surface area contributed by atoms with Gasteiger partial charge in [-0.3, -0.25) is 14.4 Å². The lowest BCUT2D eigenvalue weighted by Gasteiger charge is -2.12. The van der Waals surface area contributed by atoms with Crippen molar-refractivity contribution in [3.63, 3.8) is 0 Å². The molecule has 1 fully saturated rings. The number of halogens is 9. The van der Waals surface area contributed by atoms with Crippen LogP contribution in [0.1, 0.15) is 45.5 Å². The third-order valence-electron chi connectivity index (χ3n) is 6.98. The van der Waals surface area contributed by atoms with E-state index in [2.05, 4.69) is 5.32 Å². The van der Waals surface area contributed by atoms with E-state index in [-0.39, 0.29) is 38.9 Å². The lowest BCUT2D eigenvalue weighted by atomic mass is 9.98. The van der Waals surface area contributed by atoms with Gasteiger partial charge in [0.2, 0.25) is 5.91 Å². The standard InChI is InChI=1S/C30H22Cl3F6NO3S/c1-2-44-13-17(41)12-19-22(34)7-4-15(27(19)36)10-24(42)18-11-16(5-6-21(18)31)40-28(43)26-25(29(26,32)33)14-3-8-23(35)20(9-14)30(37,38)39/h3-9,11,25-26H,2,10,12-13H2,1H3,(H,40,43)/t25-,26+/m0/s1. The van der Waals surface area contributed by atoms with Crippen molar-refractivity contribution in [1.82, 2.24) is 0 Å². The fourth-order valence-electron chi connectivity index (χ4n) is 4.74. The fourth-order valence-corrected chi connectivity index (χ4v) is 6.32. The molecular formula is C30H22Cl3F6NO3S. The number of Topliss-reactive ketones (excluding diaryl/α,β-unsaturated/α-hetero) is 2. The predicted octanol–water partition coefficient (Wildman–Crippen LogP) is 8.59. The lowest BCUT2D eigenvalue weighted by Crippen LogP contribution is -2.18. The Bertz CT molecular complexity index is 1630. The molecule has 0 spiro atoms. The second kappa shape index (κ2) is 13.3. The molecule has 4 rings (SSSR count). The molecule has 1 aliphatic rings. The number of carbonyl (C=O) groups excluding carboxylic acids is 3. The van der Waals surface area contributed by atoms with Crippen LogP contribution in [0.25, 0.3) is 0 Å². The van der Waals surface area contributed by atoms with Crippen LogP contribution in [0.15, 0.2) is 48.5 Å². The first-order valence-corrected chi connectivity index (χ1v) is 15.3. The summed E-state index contributed by atoms with van der Waals surface area (Å²) in [5.74, 6) is -6.87. The maximum absolute atomic E-state index is 15.2. The number of hydrogen-bond acceptors (Lipinski definition) is 4. The quantitative estimate of drug-likeness (QED) is 0.124. The van der Waals surface area contributed by atoms with Crippen molar-refractivity contribution in [3.8, 4) is 0 Å². The Morgan fingerprint density at radius 2 is 1.64 bits per heavy atom. The zero-order valence-corrected chi connectivity index (χ0v) is 25.7. The van der Waals surface area contributed by atoms with Gasteiger partial charge in [0.1, 0.15) is 27.6 Å². The first-order chi connectivity index (χ1) is 20.6. The van der Waals surface area contributed by atoms with Crippen molar-refractivity contribution >= 4 is 69.7 Å². The molecule has 2 atom stereocenters. The zero-order valence-electron chi connectivity index (χ0n) is 22.6. The number of alkyl halides is 5. The van der Waals surface area contributed by atoms with E-state index in [4.69, 9.17) is 34.8 Å². The summed E-state index contributed by atoms with van der Waals surface area (Å²) in [7, 11) is 0. The van der Waals surface area contributed by atoms with Crippen LogP contribution in [0.5, 0.6) is 0 Å². The van der Waals surface area contributed by atoms with Crippen molar-refractivity contribution in [2.24, 2.45) is 5.92 Å². The Morgan fingerprint density at radius 3 is 2.30 bits per heavy atom. The Hall–Kier alpha value is -2.73. The van der Waals surface area contributed by atoms with E-state index in [9.17, 15) is 36.3 Å². The van der Waals surface area contributed by atoms with Crippen molar-refractivity contribution in [2.75, 3.05) is 16.8 Å². The highest BCUT2D eigenvalue weighted by Gasteiger charge is 2.67. The van der Waals surface area contributed by atoms with E-state index >= 15 is 4.39 Å². The average Bonchev–Trinajstić information content (AvgIpc) is 3.53. The predicted molar refractivity (Wildman–Crippen MR) is 158 cm³/mol. The fraction of sp³-hybridized carbons (Fsp3) is 0.300. The van der Waals surface area contributed by atoms with Crippen LogP contribution in [0, 0.1) is 23.4 Å². The molecule has 1 saturated carbocycles. The van der Waals surface area contributed by atoms with Crippen molar-refractivity contribution in [1.29, 1.82) is 0 Å². The summed E-state index contributed by atoms with van der Waals surface area (Å²) >= 11 is 20.0. The van der Waals surface area contributed by atoms with Crippen LogP contribution in [-0.4, -0.2) is 33.3 Å². The molecule has 0 aromatic heterocycles. The van der Waals surface area contributed by atoms with Gasteiger partial charge in [0, 0.05) is 35.6 Å². The van der Waals surface area contributed by atoms with Gasteiger partial charge < -0.3 is 5.32 Å². The van der Waals surface area contributed by atoms with Crippen LogP contribution >= 0.6 is 46.6 Å². The Kier molecular flexibility index (Phi) is 10.3. The van der Waals surface area contributed by atoms with Gasteiger partial charge in [-0.05, 0) is 53.3 Å². The molecule has 44 heavy (non-hydrogen) atoms. The molecule has 0 bridgehead atoms. The van der Waals surface area contributed by atoms with Gasteiger partial charge in [0.05, 0.1) is 22.3 Å². The molecule has 3 aromatic carbocycles. The van der Waals surface area contributed by atoms with Crippen LogP contribution in [0.3, 0.4) is 0 Å². The van der Waals surface area contributed by atoms with E-state index in [0.717, 1.165) is 18.2 Å². The minimum atomic E-state index is -4.98. The van der Waals surface area contributed by atoms with Crippen molar-refractivity contribution in [2.45, 2.75) is 36.2 Å². The smallest absolute Gasteiger partial charge is 0.326 e. The summed E-state index contributed by atoms with van der Waals surface area (Å²) in [6, 6.07) is 8.11. The van der Waals surface area contributed by atoms with Gasteiger partial charge in [-0.1, -0.05) is 30.7 Å². The molecule has 0 radical (unpaired) electrons. The minimum Gasteiger partial charge on any atom is -0.326 e. The topological polar surface area (TPSA) is 63.2 Å². The number of rotatable bonds is 11. The average molecular weight is 697 g/mol. The third-order valence-corrected chi connectivity index (χ3v) is 9.19. The van der Waals surface area contributed by atoms with Crippen LogP contribution in [-0.2, 0) is 28.6 Å². The van der Waals surface area contributed by atoms with Gasteiger partial charge in [0.25, 0.3) is 0 Å². The molecule has 14 heteroatoms. The molecule has 1 aliphatic carbocycles. The molecule has 3 aromatic rings. The second-order valence-electron chi connectivity index (χ2n) is 10.0. The Morgan fingerprint density at radius 1 is 0.955 bits per heavy atom. The normalized spacial score (nSPS) is 17.3. The molecule has 234 valence electrons. The Labute approximate surface area is 267 Å². The molecule has 0 saturated heterocycles. The summed E-state index contributed by atoms with van der Waals surface area (Å²) < 4.78 is 81.0. The zero-order chi connectivity index (χ0) is 32.6. The number of nitrogens with one attached hydrogen (secondary N) is 1. The van der Waals surface area contributed by atoms with Gasteiger partial charge in [-0.2, -0.15) is 24.9 Å². The Balaban J connectivity index is 1.51. The van der Waals surface area contributed by atoms with Gasteiger partial charge in [0.15, 0.2) is 5.78 Å². The summed E-state index contributed by atoms with van der Waals surface area (Å²) in [6.07, 6.45) is -6.00. The van der Waals surface area contributed by atoms with Gasteiger partial charge >= 0.3 is 6.18 Å². The first kappa shape index (κ1) is 34.1. The highest BCUT2D eigenvalue weighted by molar-refractivity contribution is 7.99. The van der Waals surface area contributed by atoms with E-state index in [1.165, 1.54) is 30.0 Å². The van der Waals surface area contributed by atoms with Gasteiger partial charge in [-0.15, -0.1) is 23.2 Å². The van der Waals surface area contributed by atoms with Crippen molar-refractivity contribution < 1.29 is 40.7 Å². The highest BCUT2D eigenvalue weighted by atomic mass is 35.5. The monoisotopic (exact) mass is 695 g/mol. The summed E-state index contributed by atoms with van der Waals surface area (Å²) in [6.45, 7) is 1.84. The van der Waals surface area contributed by atoms with E-state index in [1.807, 2.05) is 6.92 Å². The number of amides is 1. The van der Waals surface area contributed by atoms with Crippen molar-refractivity contribution in [3.05, 3.63) is 98.8 Å². The highest BCUT2D eigenvalue weighted by Crippen LogP contribution is 2.65. The van der Waals surface area contributed by atoms with E-state index in [0.29, 0.717) is 17.9 Å². The van der Waals surface area contributed by atoms with E-state index < -0.39 is 75.5 Å². The number of ketones is 2. The largest absolute Gasteiger partial charge is 0.419 e.